The van der Waals surface area contributed by atoms with Gasteiger partial charge in [0.15, 0.2) is 0 Å². The summed E-state index contributed by atoms with van der Waals surface area (Å²) in [5.74, 6) is -0.180. The van der Waals surface area contributed by atoms with Crippen molar-refractivity contribution in [1.82, 2.24) is 4.90 Å². The van der Waals surface area contributed by atoms with E-state index in [0.717, 1.165) is 12.0 Å². The second-order valence-electron chi connectivity index (χ2n) is 7.32. The van der Waals surface area contributed by atoms with Gasteiger partial charge < -0.3 is 19.7 Å². The number of carbonyl (C=O) groups excluding carboxylic acids is 3. The molecule has 0 radical (unpaired) electrons. The van der Waals surface area contributed by atoms with E-state index in [9.17, 15) is 14.4 Å². The number of thiophene rings is 1. The van der Waals surface area contributed by atoms with Crippen molar-refractivity contribution in [3.8, 4) is 16.9 Å². The number of amides is 2. The Kier molecular flexibility index (Phi) is 7.68. The van der Waals surface area contributed by atoms with Crippen molar-refractivity contribution >= 4 is 34.1 Å². The Morgan fingerprint density at radius 3 is 2.58 bits per heavy atom. The lowest BCUT2D eigenvalue weighted by Gasteiger charge is -2.31. The highest BCUT2D eigenvalue weighted by Gasteiger charge is 2.30. The molecule has 2 heterocycles. The van der Waals surface area contributed by atoms with E-state index >= 15 is 0 Å². The van der Waals surface area contributed by atoms with Gasteiger partial charge in [0.2, 0.25) is 11.8 Å². The Balaban J connectivity index is 1.84. The molecule has 2 amide bonds. The molecule has 7 nitrogen and oxygen atoms in total. The molecule has 0 saturated carbocycles. The maximum Gasteiger partial charge on any atom is 0.341 e. The van der Waals surface area contributed by atoms with Gasteiger partial charge in [0.05, 0.1) is 19.6 Å². The highest BCUT2D eigenvalue weighted by Crippen LogP contribution is 2.37. The van der Waals surface area contributed by atoms with E-state index in [0.29, 0.717) is 47.8 Å². The van der Waals surface area contributed by atoms with Gasteiger partial charge in [-0.2, -0.15) is 0 Å². The summed E-state index contributed by atoms with van der Waals surface area (Å²) < 4.78 is 10.5. The van der Waals surface area contributed by atoms with Crippen LogP contribution < -0.4 is 10.1 Å². The molecule has 8 heteroatoms. The number of esters is 1. The molecule has 166 valence electrons. The molecular formula is C23H28N2O5S. The van der Waals surface area contributed by atoms with Gasteiger partial charge >= 0.3 is 5.97 Å². The summed E-state index contributed by atoms with van der Waals surface area (Å²) in [6, 6.07) is 7.37. The van der Waals surface area contributed by atoms with Crippen molar-refractivity contribution in [2.75, 3.05) is 32.1 Å². The summed E-state index contributed by atoms with van der Waals surface area (Å²) in [5.41, 5.74) is 1.88. The molecule has 0 bridgehead atoms. The van der Waals surface area contributed by atoms with Crippen LogP contribution in [0.15, 0.2) is 29.6 Å². The van der Waals surface area contributed by atoms with Gasteiger partial charge in [-0.05, 0) is 37.5 Å². The third-order valence-electron chi connectivity index (χ3n) is 5.36. The number of methoxy groups -OCH3 is 1. The molecule has 0 aliphatic carbocycles. The monoisotopic (exact) mass is 444 g/mol. The van der Waals surface area contributed by atoms with Crippen LogP contribution in [0.2, 0.25) is 0 Å². The number of hydrogen-bond donors (Lipinski definition) is 1. The number of benzene rings is 1. The van der Waals surface area contributed by atoms with Crippen molar-refractivity contribution < 1.29 is 23.9 Å². The summed E-state index contributed by atoms with van der Waals surface area (Å²) in [7, 11) is 1.59. The van der Waals surface area contributed by atoms with Crippen LogP contribution in [0.3, 0.4) is 0 Å². The van der Waals surface area contributed by atoms with Crippen LogP contribution in [0.4, 0.5) is 5.00 Å². The average Bonchev–Trinajstić information content (AvgIpc) is 3.22. The zero-order valence-corrected chi connectivity index (χ0v) is 18.9. The van der Waals surface area contributed by atoms with E-state index in [1.54, 1.807) is 18.9 Å². The van der Waals surface area contributed by atoms with Gasteiger partial charge in [-0.3, -0.25) is 9.59 Å². The standard InChI is InChI=1S/C23H28N2O5S/c1-4-19(26)25-12-6-7-16(13-25)21(27)24-22-20(23(28)30-5-2)18(14-31-22)15-8-10-17(29-3)11-9-15/h8-11,14,16H,4-7,12-13H2,1-3H3,(H,24,27). The first-order valence-corrected chi connectivity index (χ1v) is 11.4. The van der Waals surface area contributed by atoms with Gasteiger partial charge in [0, 0.05) is 30.5 Å². The Bertz CT molecular complexity index is 938. The van der Waals surface area contributed by atoms with Crippen LogP contribution in [-0.4, -0.2) is 49.5 Å². The Labute approximate surface area is 186 Å². The van der Waals surface area contributed by atoms with Gasteiger partial charge in [0.25, 0.3) is 0 Å². The first kappa shape index (κ1) is 22.8. The number of nitrogens with one attached hydrogen (secondary N) is 1. The van der Waals surface area contributed by atoms with E-state index < -0.39 is 5.97 Å². The molecule has 1 fully saturated rings. The van der Waals surface area contributed by atoms with Crippen LogP contribution >= 0.6 is 11.3 Å². The van der Waals surface area contributed by atoms with Crippen molar-refractivity contribution in [3.05, 3.63) is 35.2 Å². The van der Waals surface area contributed by atoms with Crippen LogP contribution in [0.5, 0.6) is 5.75 Å². The number of nitrogens with zero attached hydrogens (tertiary/aromatic N) is 1. The zero-order chi connectivity index (χ0) is 22.4. The van der Waals surface area contributed by atoms with Crippen LogP contribution in [0, 0.1) is 5.92 Å². The average molecular weight is 445 g/mol. The lowest BCUT2D eigenvalue weighted by atomic mass is 9.96. The molecular weight excluding hydrogens is 416 g/mol. The summed E-state index contributed by atoms with van der Waals surface area (Å²) in [6.45, 7) is 4.90. The normalized spacial score (nSPS) is 16.0. The molecule has 0 spiro atoms. The number of likely N-dealkylation sites (tertiary alicyclic amines) is 1. The maximum atomic E-state index is 13.0. The predicted molar refractivity (Wildman–Crippen MR) is 120 cm³/mol. The number of carbonyl (C=O) groups is 3. The van der Waals surface area contributed by atoms with E-state index in [4.69, 9.17) is 9.47 Å². The molecule has 31 heavy (non-hydrogen) atoms. The number of hydrogen-bond acceptors (Lipinski definition) is 6. The third kappa shape index (κ3) is 5.25. The summed E-state index contributed by atoms with van der Waals surface area (Å²) in [6.07, 6.45) is 1.93. The van der Waals surface area contributed by atoms with E-state index in [1.807, 2.05) is 36.6 Å². The van der Waals surface area contributed by atoms with Gasteiger partial charge in [-0.25, -0.2) is 4.79 Å². The molecule has 1 aliphatic rings. The fourth-order valence-corrected chi connectivity index (χ4v) is 4.65. The van der Waals surface area contributed by atoms with Crippen LogP contribution in [0.25, 0.3) is 11.1 Å². The highest BCUT2D eigenvalue weighted by molar-refractivity contribution is 7.15. The summed E-state index contributed by atoms with van der Waals surface area (Å²) in [5, 5.41) is 5.24. The molecule has 1 aromatic carbocycles. The van der Waals surface area contributed by atoms with Crippen molar-refractivity contribution in [2.45, 2.75) is 33.1 Å². The second kappa shape index (κ2) is 10.4. The quantitative estimate of drug-likeness (QED) is 0.648. The Hall–Kier alpha value is -2.87. The first-order valence-electron chi connectivity index (χ1n) is 10.5. The topological polar surface area (TPSA) is 84.9 Å². The summed E-state index contributed by atoms with van der Waals surface area (Å²) >= 11 is 1.29. The summed E-state index contributed by atoms with van der Waals surface area (Å²) in [4.78, 5) is 39.5. The molecule has 1 aliphatic heterocycles. The number of rotatable bonds is 7. The minimum atomic E-state index is -0.476. The third-order valence-corrected chi connectivity index (χ3v) is 6.25. The van der Waals surface area contributed by atoms with Gasteiger partial charge in [-0.15, -0.1) is 11.3 Å². The van der Waals surface area contributed by atoms with Crippen molar-refractivity contribution in [2.24, 2.45) is 5.92 Å². The molecule has 1 atom stereocenters. The first-order chi connectivity index (χ1) is 15.0. The maximum absolute atomic E-state index is 13.0. The fourth-order valence-electron chi connectivity index (χ4n) is 3.69. The van der Waals surface area contributed by atoms with E-state index in [2.05, 4.69) is 5.32 Å². The largest absolute Gasteiger partial charge is 0.497 e. The Morgan fingerprint density at radius 1 is 1.19 bits per heavy atom. The second-order valence-corrected chi connectivity index (χ2v) is 8.20. The number of anilines is 1. The smallest absolute Gasteiger partial charge is 0.341 e. The molecule has 3 rings (SSSR count). The van der Waals surface area contributed by atoms with Gasteiger partial charge in [-0.1, -0.05) is 19.1 Å². The SMILES string of the molecule is CCOC(=O)c1c(-c2ccc(OC)cc2)csc1NC(=O)C1CCCN(C(=O)CC)C1. The van der Waals surface area contributed by atoms with E-state index in [-0.39, 0.29) is 24.3 Å². The molecule has 1 N–H and O–H groups in total. The number of ether oxygens (including phenoxy) is 2. The molecule has 2 aromatic rings. The highest BCUT2D eigenvalue weighted by atomic mass is 32.1. The Morgan fingerprint density at radius 2 is 1.94 bits per heavy atom. The zero-order valence-electron chi connectivity index (χ0n) is 18.1. The van der Waals surface area contributed by atoms with Gasteiger partial charge in [0.1, 0.15) is 16.3 Å². The lowest BCUT2D eigenvalue weighted by Crippen LogP contribution is -2.43. The van der Waals surface area contributed by atoms with Crippen molar-refractivity contribution in [1.29, 1.82) is 0 Å². The minimum Gasteiger partial charge on any atom is -0.497 e. The molecule has 1 aromatic heterocycles. The predicted octanol–water partition coefficient (Wildman–Crippen LogP) is 4.19. The molecule has 1 unspecified atom stereocenters. The number of piperidine rings is 1. The van der Waals surface area contributed by atoms with Crippen molar-refractivity contribution in [3.63, 3.8) is 0 Å². The fraction of sp³-hybridized carbons (Fsp3) is 0.435. The van der Waals surface area contributed by atoms with Crippen LogP contribution in [-0.2, 0) is 14.3 Å². The van der Waals surface area contributed by atoms with Crippen LogP contribution in [0.1, 0.15) is 43.5 Å². The minimum absolute atomic E-state index is 0.0580. The molecule has 1 saturated heterocycles. The van der Waals surface area contributed by atoms with E-state index in [1.165, 1.54) is 11.3 Å². The lowest BCUT2D eigenvalue weighted by molar-refractivity contribution is -0.134.